The van der Waals surface area contributed by atoms with Crippen molar-refractivity contribution in [1.82, 2.24) is 15.0 Å². The fourth-order valence-electron chi connectivity index (χ4n) is 1.52. The van der Waals surface area contributed by atoms with Gasteiger partial charge >= 0.3 is 12.1 Å². The molecule has 0 aliphatic rings. The highest BCUT2D eigenvalue weighted by molar-refractivity contribution is 5.73. The Morgan fingerprint density at radius 1 is 1.21 bits per heavy atom. The summed E-state index contributed by atoms with van der Waals surface area (Å²) in [7, 11) is 1.46. The summed E-state index contributed by atoms with van der Waals surface area (Å²) in [5, 5.41) is 0. The normalized spacial score (nSPS) is 10.0. The van der Waals surface area contributed by atoms with E-state index in [1.165, 1.54) is 7.11 Å². The van der Waals surface area contributed by atoms with Crippen molar-refractivity contribution in [2.75, 3.05) is 7.11 Å². The number of ether oxygens (including phenoxy) is 2. The minimum atomic E-state index is -0.898. The number of nitrogens with zero attached hydrogens (tertiary/aromatic N) is 3. The van der Waals surface area contributed by atoms with E-state index in [1.807, 2.05) is 0 Å². The molecule has 0 aliphatic heterocycles. The molecule has 19 heavy (non-hydrogen) atoms. The van der Waals surface area contributed by atoms with Crippen LogP contribution in [0.25, 0.3) is 11.4 Å². The predicted octanol–water partition coefficient (Wildman–Crippen LogP) is 1.31. The third kappa shape index (κ3) is 2.95. The maximum Gasteiger partial charge on any atom is 0.409 e. The summed E-state index contributed by atoms with van der Waals surface area (Å²) < 4.78 is 9.89. The molecule has 0 saturated carbocycles. The monoisotopic (exact) mass is 260 g/mol. The van der Waals surface area contributed by atoms with E-state index in [-0.39, 0.29) is 11.8 Å². The molecule has 98 valence electrons. The summed E-state index contributed by atoms with van der Waals surface area (Å²) >= 11 is 0. The first-order valence-corrected chi connectivity index (χ1v) is 5.43. The highest BCUT2D eigenvalue weighted by atomic mass is 16.5. The molecule has 0 aliphatic carbocycles. The van der Waals surface area contributed by atoms with Gasteiger partial charge in [0.15, 0.2) is 5.82 Å². The number of primary amides is 1. The number of carbonyl (C=O) groups is 1. The van der Waals surface area contributed by atoms with E-state index in [0.29, 0.717) is 17.2 Å². The van der Waals surface area contributed by atoms with E-state index in [0.717, 1.165) is 0 Å². The largest absolute Gasteiger partial charge is 0.467 e. The van der Waals surface area contributed by atoms with Gasteiger partial charge in [-0.2, -0.15) is 9.97 Å². The van der Waals surface area contributed by atoms with Crippen molar-refractivity contribution in [3.8, 4) is 23.1 Å². The van der Waals surface area contributed by atoms with Crippen LogP contribution in [0.4, 0.5) is 4.79 Å². The molecule has 0 radical (unpaired) electrons. The zero-order valence-electron chi connectivity index (χ0n) is 10.5. The first-order valence-electron chi connectivity index (χ1n) is 5.43. The van der Waals surface area contributed by atoms with E-state index in [9.17, 15) is 4.79 Å². The van der Waals surface area contributed by atoms with Crippen LogP contribution in [0.3, 0.4) is 0 Å². The second-order valence-electron chi connectivity index (χ2n) is 3.61. The Morgan fingerprint density at radius 2 is 1.95 bits per heavy atom. The maximum absolute atomic E-state index is 10.9. The van der Waals surface area contributed by atoms with Crippen LogP contribution in [0.15, 0.2) is 24.3 Å². The Hall–Kier alpha value is -2.70. The average molecular weight is 260 g/mol. The van der Waals surface area contributed by atoms with Crippen LogP contribution in [0.5, 0.6) is 11.8 Å². The second kappa shape index (κ2) is 5.30. The molecule has 7 nitrogen and oxygen atoms in total. The van der Waals surface area contributed by atoms with E-state index in [4.69, 9.17) is 15.2 Å². The van der Waals surface area contributed by atoms with Crippen molar-refractivity contribution in [3.63, 3.8) is 0 Å². The summed E-state index contributed by atoms with van der Waals surface area (Å²) in [6, 6.07) is 7.00. The van der Waals surface area contributed by atoms with Crippen molar-refractivity contribution >= 4 is 6.09 Å². The van der Waals surface area contributed by atoms with Crippen LogP contribution in [0.1, 0.15) is 5.82 Å². The number of carbonyl (C=O) groups excluding carboxylic acids is 1. The molecular weight excluding hydrogens is 248 g/mol. The lowest BCUT2D eigenvalue weighted by molar-refractivity contribution is 0.211. The molecule has 1 aromatic carbocycles. The highest BCUT2D eigenvalue weighted by Gasteiger charge is 2.13. The molecule has 2 rings (SSSR count). The van der Waals surface area contributed by atoms with Crippen molar-refractivity contribution in [2.24, 2.45) is 5.73 Å². The van der Waals surface area contributed by atoms with Gasteiger partial charge in [0.1, 0.15) is 11.6 Å². The van der Waals surface area contributed by atoms with Crippen LogP contribution in [0.2, 0.25) is 0 Å². The summed E-state index contributed by atoms with van der Waals surface area (Å²) in [5.41, 5.74) is 5.55. The Morgan fingerprint density at radius 3 is 2.63 bits per heavy atom. The molecule has 1 heterocycles. The van der Waals surface area contributed by atoms with Gasteiger partial charge in [-0.3, -0.25) is 0 Å². The van der Waals surface area contributed by atoms with Crippen molar-refractivity contribution < 1.29 is 14.3 Å². The molecule has 0 saturated heterocycles. The topological polar surface area (TPSA) is 100 Å². The summed E-state index contributed by atoms with van der Waals surface area (Å²) in [4.78, 5) is 23.2. The first kappa shape index (κ1) is 12.7. The van der Waals surface area contributed by atoms with Gasteiger partial charge in [0.25, 0.3) is 0 Å². The molecular formula is C12H12N4O3. The Bertz CT molecular complexity index is 616. The van der Waals surface area contributed by atoms with Gasteiger partial charge in [-0.05, 0) is 19.1 Å². The number of nitrogens with two attached hydrogens (primary N) is 1. The lowest BCUT2D eigenvalue weighted by Crippen LogP contribution is -2.16. The maximum atomic E-state index is 10.9. The third-order valence-corrected chi connectivity index (χ3v) is 2.25. The molecule has 2 aromatic rings. The smallest absolute Gasteiger partial charge is 0.409 e. The first-order chi connectivity index (χ1) is 9.10. The molecule has 0 bridgehead atoms. The zero-order chi connectivity index (χ0) is 13.8. The number of methoxy groups -OCH3 is 1. The average Bonchev–Trinajstić information content (AvgIpc) is 2.38. The number of amides is 1. The van der Waals surface area contributed by atoms with Gasteiger partial charge in [-0.15, -0.1) is 0 Å². The summed E-state index contributed by atoms with van der Waals surface area (Å²) in [6.07, 6.45) is -0.898. The Labute approximate surface area is 109 Å². The number of hydrogen-bond donors (Lipinski definition) is 1. The number of rotatable bonds is 3. The van der Waals surface area contributed by atoms with Gasteiger partial charge in [0.2, 0.25) is 0 Å². The SMILES string of the molecule is COc1nc(C)nc(-c2ccccc2OC(N)=O)n1. The minimum Gasteiger partial charge on any atom is -0.467 e. The van der Waals surface area contributed by atoms with Crippen LogP contribution in [-0.2, 0) is 0 Å². The van der Waals surface area contributed by atoms with Gasteiger partial charge in [-0.1, -0.05) is 12.1 Å². The Kier molecular flexibility index (Phi) is 3.56. The van der Waals surface area contributed by atoms with E-state index in [1.54, 1.807) is 31.2 Å². The van der Waals surface area contributed by atoms with Gasteiger partial charge in [-0.25, -0.2) is 9.78 Å². The second-order valence-corrected chi connectivity index (χ2v) is 3.61. The molecule has 2 N–H and O–H groups in total. The molecule has 0 atom stereocenters. The molecule has 7 heteroatoms. The number of aromatic nitrogens is 3. The van der Waals surface area contributed by atoms with Gasteiger partial charge < -0.3 is 15.2 Å². The van der Waals surface area contributed by atoms with Crippen LogP contribution in [-0.4, -0.2) is 28.2 Å². The van der Waals surface area contributed by atoms with Gasteiger partial charge in [0.05, 0.1) is 12.7 Å². The zero-order valence-corrected chi connectivity index (χ0v) is 10.5. The molecule has 1 amide bonds. The molecule has 0 spiro atoms. The van der Waals surface area contributed by atoms with Crippen molar-refractivity contribution in [1.29, 1.82) is 0 Å². The minimum absolute atomic E-state index is 0.191. The summed E-state index contributed by atoms with van der Waals surface area (Å²) in [5.74, 6) is 1.12. The fourth-order valence-corrected chi connectivity index (χ4v) is 1.52. The predicted molar refractivity (Wildman–Crippen MR) is 66.8 cm³/mol. The van der Waals surface area contributed by atoms with Crippen molar-refractivity contribution in [3.05, 3.63) is 30.1 Å². The number of para-hydroxylation sites is 1. The third-order valence-electron chi connectivity index (χ3n) is 2.25. The number of benzene rings is 1. The number of aryl methyl sites for hydroxylation is 1. The van der Waals surface area contributed by atoms with E-state index >= 15 is 0 Å². The Balaban J connectivity index is 2.52. The molecule has 1 aromatic heterocycles. The van der Waals surface area contributed by atoms with E-state index in [2.05, 4.69) is 15.0 Å². The van der Waals surface area contributed by atoms with Crippen molar-refractivity contribution in [2.45, 2.75) is 6.92 Å². The lowest BCUT2D eigenvalue weighted by Gasteiger charge is -2.08. The standard InChI is InChI=1S/C12H12N4O3/c1-7-14-10(16-12(15-7)18-2)8-5-3-4-6-9(8)19-11(13)17/h3-6H,1-2H3,(H2,13,17). The number of hydrogen-bond acceptors (Lipinski definition) is 6. The molecule has 0 unspecified atom stereocenters. The van der Waals surface area contributed by atoms with Gasteiger partial charge in [0, 0.05) is 0 Å². The fraction of sp³-hybridized carbons (Fsp3) is 0.167. The molecule has 0 fully saturated rings. The lowest BCUT2D eigenvalue weighted by atomic mass is 10.2. The van der Waals surface area contributed by atoms with Crippen LogP contribution < -0.4 is 15.2 Å². The summed E-state index contributed by atoms with van der Waals surface area (Å²) in [6.45, 7) is 1.71. The van der Waals surface area contributed by atoms with Crippen LogP contribution in [0, 0.1) is 6.92 Å². The van der Waals surface area contributed by atoms with E-state index < -0.39 is 6.09 Å². The van der Waals surface area contributed by atoms with Crippen LogP contribution >= 0.6 is 0 Å². The highest BCUT2D eigenvalue weighted by Crippen LogP contribution is 2.27. The quantitative estimate of drug-likeness (QED) is 0.893.